The molecule has 0 aliphatic carbocycles. The minimum absolute atomic E-state index is 0.0430. The van der Waals surface area contributed by atoms with Gasteiger partial charge in [-0.25, -0.2) is 8.42 Å². The Morgan fingerprint density at radius 3 is 2.36 bits per heavy atom. The van der Waals surface area contributed by atoms with E-state index in [-0.39, 0.29) is 42.1 Å². The molecule has 1 heterocycles. The van der Waals surface area contributed by atoms with Crippen LogP contribution >= 0.6 is 0 Å². The molecule has 1 amide bonds. The number of piperazine rings is 1. The van der Waals surface area contributed by atoms with E-state index in [1.807, 2.05) is 0 Å². The number of nitrogens with zero attached hydrogens (tertiary/aromatic N) is 2. The zero-order valence-corrected chi connectivity index (χ0v) is 15.6. The van der Waals surface area contributed by atoms with E-state index in [1.54, 1.807) is 24.0 Å². The molecule has 1 aliphatic heterocycles. The van der Waals surface area contributed by atoms with Crippen molar-refractivity contribution in [2.45, 2.75) is 11.8 Å². The molecule has 1 aromatic carbocycles. The molecule has 1 aliphatic rings. The molecule has 0 spiro atoms. The number of benzene rings is 1. The van der Waals surface area contributed by atoms with Crippen LogP contribution in [-0.2, 0) is 14.8 Å². The number of methoxy groups -OCH3 is 2. The predicted octanol–water partition coefficient (Wildman–Crippen LogP) is 0.132. The average Bonchev–Trinajstić information content (AvgIpc) is 2.66. The summed E-state index contributed by atoms with van der Waals surface area (Å²) in [6.07, 6.45) is 0. The van der Waals surface area contributed by atoms with E-state index < -0.39 is 10.0 Å². The molecule has 1 saturated heterocycles. The number of carbonyl (C=O) groups is 1. The summed E-state index contributed by atoms with van der Waals surface area (Å²) in [5, 5.41) is 0. The van der Waals surface area contributed by atoms with E-state index in [0.29, 0.717) is 18.8 Å². The van der Waals surface area contributed by atoms with Gasteiger partial charge in [-0.05, 0) is 12.1 Å². The Morgan fingerprint density at radius 2 is 1.84 bits per heavy atom. The van der Waals surface area contributed by atoms with Crippen molar-refractivity contribution in [1.82, 2.24) is 9.21 Å². The lowest BCUT2D eigenvalue weighted by Gasteiger charge is -2.35. The summed E-state index contributed by atoms with van der Waals surface area (Å²) in [6, 6.07) is 4.65. The van der Waals surface area contributed by atoms with Crippen molar-refractivity contribution in [2.24, 2.45) is 11.7 Å². The van der Waals surface area contributed by atoms with Gasteiger partial charge in [0.25, 0.3) is 0 Å². The first-order chi connectivity index (χ1) is 11.8. The molecule has 140 valence electrons. The molecule has 1 unspecified atom stereocenters. The molecule has 0 radical (unpaired) electrons. The van der Waals surface area contributed by atoms with Crippen LogP contribution < -0.4 is 15.2 Å². The first kappa shape index (κ1) is 19.5. The van der Waals surface area contributed by atoms with Crippen molar-refractivity contribution in [3.05, 3.63) is 18.2 Å². The molecule has 0 aromatic heterocycles. The number of rotatable bonds is 6. The molecular formula is C16H25N3O5S. The maximum absolute atomic E-state index is 13.0. The molecule has 2 rings (SSSR count). The summed E-state index contributed by atoms with van der Waals surface area (Å²) in [5.41, 5.74) is 5.53. The third-order valence-corrected chi connectivity index (χ3v) is 6.23. The van der Waals surface area contributed by atoms with Crippen LogP contribution in [0.4, 0.5) is 0 Å². The first-order valence-corrected chi connectivity index (χ1v) is 9.50. The molecule has 0 saturated carbocycles. The summed E-state index contributed by atoms with van der Waals surface area (Å²) < 4.78 is 37.6. The van der Waals surface area contributed by atoms with Crippen LogP contribution in [0.2, 0.25) is 0 Å². The van der Waals surface area contributed by atoms with Crippen LogP contribution in [0, 0.1) is 5.92 Å². The van der Waals surface area contributed by atoms with E-state index in [9.17, 15) is 13.2 Å². The van der Waals surface area contributed by atoms with Crippen LogP contribution in [0.3, 0.4) is 0 Å². The van der Waals surface area contributed by atoms with Gasteiger partial charge in [0, 0.05) is 44.7 Å². The summed E-state index contributed by atoms with van der Waals surface area (Å²) in [7, 11) is -0.851. The van der Waals surface area contributed by atoms with Gasteiger partial charge in [0.2, 0.25) is 15.9 Å². The van der Waals surface area contributed by atoms with Crippen molar-refractivity contribution < 1.29 is 22.7 Å². The Kier molecular flexibility index (Phi) is 6.26. The van der Waals surface area contributed by atoms with Crippen LogP contribution in [-0.4, -0.2) is 70.5 Å². The molecule has 1 atom stereocenters. The van der Waals surface area contributed by atoms with Crippen molar-refractivity contribution in [1.29, 1.82) is 0 Å². The monoisotopic (exact) mass is 371 g/mol. The van der Waals surface area contributed by atoms with Crippen LogP contribution in [0.1, 0.15) is 6.92 Å². The van der Waals surface area contributed by atoms with E-state index in [0.717, 1.165) is 0 Å². The van der Waals surface area contributed by atoms with Gasteiger partial charge in [0.15, 0.2) is 0 Å². The van der Waals surface area contributed by atoms with E-state index in [1.165, 1.54) is 24.6 Å². The highest BCUT2D eigenvalue weighted by Gasteiger charge is 2.33. The van der Waals surface area contributed by atoms with Gasteiger partial charge in [-0.3, -0.25) is 4.79 Å². The topological polar surface area (TPSA) is 102 Å². The van der Waals surface area contributed by atoms with E-state index >= 15 is 0 Å². The lowest BCUT2D eigenvalue weighted by atomic mass is 10.1. The summed E-state index contributed by atoms with van der Waals surface area (Å²) >= 11 is 0. The van der Waals surface area contributed by atoms with Crippen LogP contribution in [0.15, 0.2) is 23.1 Å². The highest BCUT2D eigenvalue weighted by Crippen LogP contribution is 2.31. The molecule has 8 nitrogen and oxygen atoms in total. The third-order valence-electron chi connectivity index (χ3n) is 4.31. The standard InChI is InChI=1S/C16H25N3O5S/c1-12(11-17)16(20)18-6-8-19(9-7-18)25(21,22)15-10-13(23-2)4-5-14(15)24-3/h4-5,10,12H,6-9,11,17H2,1-3H3. The van der Waals surface area contributed by atoms with Gasteiger partial charge in [0.05, 0.1) is 14.2 Å². The van der Waals surface area contributed by atoms with Crippen molar-refractivity contribution in [2.75, 3.05) is 46.9 Å². The zero-order valence-electron chi connectivity index (χ0n) is 14.8. The van der Waals surface area contributed by atoms with Gasteiger partial charge in [-0.1, -0.05) is 6.92 Å². The highest BCUT2D eigenvalue weighted by atomic mass is 32.2. The normalized spacial score (nSPS) is 17.2. The second-order valence-corrected chi connectivity index (χ2v) is 7.79. The lowest BCUT2D eigenvalue weighted by molar-refractivity contribution is -0.135. The minimum Gasteiger partial charge on any atom is -0.497 e. The van der Waals surface area contributed by atoms with E-state index in [4.69, 9.17) is 15.2 Å². The minimum atomic E-state index is -3.75. The van der Waals surface area contributed by atoms with Gasteiger partial charge in [-0.2, -0.15) is 4.31 Å². The molecule has 2 N–H and O–H groups in total. The molecule has 9 heteroatoms. The largest absolute Gasteiger partial charge is 0.497 e. The maximum Gasteiger partial charge on any atom is 0.247 e. The molecule has 25 heavy (non-hydrogen) atoms. The van der Waals surface area contributed by atoms with Gasteiger partial charge in [-0.15, -0.1) is 0 Å². The fraction of sp³-hybridized carbons (Fsp3) is 0.562. The second kappa shape index (κ2) is 8.03. The highest BCUT2D eigenvalue weighted by molar-refractivity contribution is 7.89. The fourth-order valence-corrected chi connectivity index (χ4v) is 4.28. The number of ether oxygens (including phenoxy) is 2. The SMILES string of the molecule is COc1ccc(OC)c(S(=O)(=O)N2CCN(C(=O)C(C)CN)CC2)c1. The summed E-state index contributed by atoms with van der Waals surface area (Å²) in [6.45, 7) is 3.19. The van der Waals surface area contributed by atoms with Crippen LogP contribution in [0.25, 0.3) is 0 Å². The second-order valence-electron chi connectivity index (χ2n) is 5.88. The van der Waals surface area contributed by atoms with E-state index in [2.05, 4.69) is 0 Å². The molecular weight excluding hydrogens is 346 g/mol. The number of carbonyl (C=O) groups excluding carboxylic acids is 1. The number of sulfonamides is 1. The first-order valence-electron chi connectivity index (χ1n) is 8.06. The Bertz CT molecular complexity index is 714. The average molecular weight is 371 g/mol. The quantitative estimate of drug-likeness (QED) is 0.763. The lowest BCUT2D eigenvalue weighted by Crippen LogP contribution is -2.52. The Hall–Kier alpha value is -1.84. The Balaban J connectivity index is 2.19. The molecule has 0 bridgehead atoms. The number of hydrogen-bond acceptors (Lipinski definition) is 6. The summed E-state index contributed by atoms with van der Waals surface area (Å²) in [4.78, 5) is 13.9. The van der Waals surface area contributed by atoms with Crippen molar-refractivity contribution in [3.8, 4) is 11.5 Å². The van der Waals surface area contributed by atoms with Crippen molar-refractivity contribution >= 4 is 15.9 Å². The Morgan fingerprint density at radius 1 is 1.20 bits per heavy atom. The number of amides is 1. The third kappa shape index (κ3) is 4.05. The summed E-state index contributed by atoms with van der Waals surface area (Å²) in [5.74, 6) is 0.390. The predicted molar refractivity (Wildman–Crippen MR) is 93.1 cm³/mol. The smallest absolute Gasteiger partial charge is 0.247 e. The van der Waals surface area contributed by atoms with Gasteiger partial charge >= 0.3 is 0 Å². The van der Waals surface area contributed by atoms with Crippen LogP contribution in [0.5, 0.6) is 11.5 Å². The molecule has 1 aromatic rings. The maximum atomic E-state index is 13.0. The fourth-order valence-electron chi connectivity index (χ4n) is 2.69. The number of hydrogen-bond donors (Lipinski definition) is 1. The number of nitrogens with two attached hydrogens (primary N) is 1. The Labute approximate surface area is 148 Å². The molecule has 1 fully saturated rings. The van der Waals surface area contributed by atoms with Gasteiger partial charge < -0.3 is 20.1 Å². The zero-order chi connectivity index (χ0) is 18.6. The van der Waals surface area contributed by atoms with Gasteiger partial charge in [0.1, 0.15) is 16.4 Å². The van der Waals surface area contributed by atoms with Crippen molar-refractivity contribution in [3.63, 3.8) is 0 Å².